The van der Waals surface area contributed by atoms with Crippen LogP contribution in [0.4, 0.5) is 4.79 Å². The van der Waals surface area contributed by atoms with Gasteiger partial charge in [0.15, 0.2) is 0 Å². The lowest BCUT2D eigenvalue weighted by Gasteiger charge is -2.12. The maximum atomic E-state index is 11.3. The van der Waals surface area contributed by atoms with Crippen molar-refractivity contribution in [1.82, 2.24) is 16.0 Å². The van der Waals surface area contributed by atoms with Crippen molar-refractivity contribution in [3.8, 4) is 0 Å². The van der Waals surface area contributed by atoms with Crippen LogP contribution in [-0.4, -0.2) is 42.6 Å². The number of aliphatic carboxylic acids is 1. The first-order valence-corrected chi connectivity index (χ1v) is 4.95. The summed E-state index contributed by atoms with van der Waals surface area (Å²) in [7, 11) is 1.41. The van der Waals surface area contributed by atoms with Gasteiger partial charge in [-0.2, -0.15) is 0 Å². The number of imide groups is 1. The molecule has 0 aromatic carbocycles. The topological polar surface area (TPSA) is 108 Å². The van der Waals surface area contributed by atoms with Crippen LogP contribution in [0.25, 0.3) is 0 Å². The van der Waals surface area contributed by atoms with Crippen molar-refractivity contribution < 1.29 is 19.5 Å². The van der Waals surface area contributed by atoms with Gasteiger partial charge in [0.1, 0.15) is 0 Å². The van der Waals surface area contributed by atoms with Crippen molar-refractivity contribution in [3.63, 3.8) is 0 Å². The maximum absolute atomic E-state index is 11.3. The van der Waals surface area contributed by atoms with Crippen LogP contribution in [0.2, 0.25) is 0 Å². The van der Waals surface area contributed by atoms with E-state index in [1.165, 1.54) is 7.05 Å². The Balaban J connectivity index is 3.71. The van der Waals surface area contributed by atoms with E-state index in [-0.39, 0.29) is 6.42 Å². The lowest BCUT2D eigenvalue weighted by atomic mass is 10.2. The van der Waals surface area contributed by atoms with Crippen LogP contribution in [0.3, 0.4) is 0 Å². The van der Waals surface area contributed by atoms with E-state index in [1.807, 2.05) is 0 Å². The average molecular weight is 231 g/mol. The molecule has 3 amide bonds. The highest BCUT2D eigenvalue weighted by molar-refractivity contribution is 5.96. The van der Waals surface area contributed by atoms with Gasteiger partial charge in [-0.1, -0.05) is 0 Å². The van der Waals surface area contributed by atoms with Gasteiger partial charge in [0.25, 0.3) is 0 Å². The summed E-state index contributed by atoms with van der Waals surface area (Å²) in [5.74, 6) is -1.32. The van der Waals surface area contributed by atoms with Gasteiger partial charge in [-0.3, -0.25) is 14.9 Å². The van der Waals surface area contributed by atoms with E-state index < -0.39 is 23.9 Å². The summed E-state index contributed by atoms with van der Waals surface area (Å²) in [6.45, 7) is 2.01. The van der Waals surface area contributed by atoms with Crippen molar-refractivity contribution in [1.29, 1.82) is 0 Å². The van der Waals surface area contributed by atoms with Crippen molar-refractivity contribution in [2.24, 2.45) is 0 Å². The zero-order chi connectivity index (χ0) is 12.6. The van der Waals surface area contributed by atoms with Crippen LogP contribution in [0.5, 0.6) is 0 Å². The third-order valence-corrected chi connectivity index (χ3v) is 1.88. The van der Waals surface area contributed by atoms with Gasteiger partial charge in [0.2, 0.25) is 5.91 Å². The number of carbonyl (C=O) groups excluding carboxylic acids is 2. The van der Waals surface area contributed by atoms with Crippen LogP contribution < -0.4 is 16.0 Å². The fraction of sp³-hybridized carbons (Fsp3) is 0.667. The Morgan fingerprint density at radius 3 is 2.44 bits per heavy atom. The first kappa shape index (κ1) is 14.4. The van der Waals surface area contributed by atoms with Crippen molar-refractivity contribution >= 4 is 17.9 Å². The molecule has 4 N–H and O–H groups in total. The van der Waals surface area contributed by atoms with E-state index in [0.717, 1.165) is 0 Å². The van der Waals surface area contributed by atoms with Crippen LogP contribution in [0.15, 0.2) is 0 Å². The summed E-state index contributed by atoms with van der Waals surface area (Å²) < 4.78 is 0. The number of hydrogen-bond donors (Lipinski definition) is 4. The molecule has 1 atom stereocenters. The molecule has 7 heteroatoms. The van der Waals surface area contributed by atoms with E-state index in [0.29, 0.717) is 13.0 Å². The molecule has 1 unspecified atom stereocenters. The van der Waals surface area contributed by atoms with Crippen LogP contribution in [0.1, 0.15) is 19.8 Å². The molecule has 0 rings (SSSR count). The molecule has 16 heavy (non-hydrogen) atoms. The van der Waals surface area contributed by atoms with Crippen LogP contribution >= 0.6 is 0 Å². The minimum atomic E-state index is -0.871. The number of rotatable bonds is 6. The number of carboxylic acids is 1. The summed E-state index contributed by atoms with van der Waals surface area (Å²) in [5.41, 5.74) is 0. The predicted molar refractivity (Wildman–Crippen MR) is 56.9 cm³/mol. The van der Waals surface area contributed by atoms with Crippen molar-refractivity contribution in [2.45, 2.75) is 25.8 Å². The minimum absolute atomic E-state index is 0.0524. The number of carboxylic acid groups (broad SMARTS) is 1. The molecule has 0 aromatic heterocycles. The zero-order valence-corrected chi connectivity index (χ0v) is 9.37. The minimum Gasteiger partial charge on any atom is -0.481 e. The van der Waals surface area contributed by atoms with Crippen LogP contribution in [-0.2, 0) is 9.59 Å². The third-order valence-electron chi connectivity index (χ3n) is 1.88. The average Bonchev–Trinajstić information content (AvgIpc) is 2.23. The molecule has 0 heterocycles. The first-order chi connectivity index (χ1) is 7.47. The number of urea groups is 1. The summed E-state index contributed by atoms with van der Waals surface area (Å²) in [6.07, 6.45) is 0.490. The lowest BCUT2D eigenvalue weighted by molar-refractivity contribution is -0.137. The van der Waals surface area contributed by atoms with Gasteiger partial charge in [-0.15, -0.1) is 0 Å². The number of amides is 3. The number of hydrogen-bond acceptors (Lipinski definition) is 4. The highest BCUT2D eigenvalue weighted by Gasteiger charge is 2.13. The second-order valence-corrected chi connectivity index (χ2v) is 3.24. The Morgan fingerprint density at radius 2 is 1.94 bits per heavy atom. The molecule has 0 saturated carbocycles. The molecule has 92 valence electrons. The van der Waals surface area contributed by atoms with E-state index in [2.05, 4.69) is 16.0 Å². The summed E-state index contributed by atoms with van der Waals surface area (Å²) in [6, 6.07) is -1.10. The molecule has 0 aliphatic carbocycles. The molecular formula is C9H17N3O4. The van der Waals surface area contributed by atoms with Gasteiger partial charge in [-0.05, 0) is 19.9 Å². The molecule has 0 fully saturated rings. The monoisotopic (exact) mass is 231 g/mol. The molecule has 0 aliphatic heterocycles. The van der Waals surface area contributed by atoms with E-state index in [4.69, 9.17) is 5.11 Å². The normalized spacial score (nSPS) is 11.6. The molecule has 0 spiro atoms. The van der Waals surface area contributed by atoms with Crippen molar-refractivity contribution in [2.75, 3.05) is 13.6 Å². The Morgan fingerprint density at radius 1 is 1.31 bits per heavy atom. The zero-order valence-electron chi connectivity index (χ0n) is 9.37. The second-order valence-electron chi connectivity index (χ2n) is 3.24. The fourth-order valence-electron chi connectivity index (χ4n) is 0.934. The lowest BCUT2D eigenvalue weighted by Crippen LogP contribution is -2.47. The number of carbonyl (C=O) groups is 3. The molecule has 0 radical (unpaired) electrons. The maximum Gasteiger partial charge on any atom is 0.321 e. The highest BCUT2D eigenvalue weighted by Crippen LogP contribution is 1.88. The van der Waals surface area contributed by atoms with Gasteiger partial charge >= 0.3 is 12.0 Å². The third kappa shape index (κ3) is 6.77. The fourth-order valence-corrected chi connectivity index (χ4v) is 0.934. The van der Waals surface area contributed by atoms with Gasteiger partial charge in [0.05, 0.1) is 6.04 Å². The quantitative estimate of drug-likeness (QED) is 0.451. The van der Waals surface area contributed by atoms with E-state index in [1.54, 1.807) is 6.92 Å². The second kappa shape index (κ2) is 7.63. The summed E-state index contributed by atoms with van der Waals surface area (Å²) in [5, 5.41) is 15.6. The molecule has 0 bridgehead atoms. The largest absolute Gasteiger partial charge is 0.481 e. The molecule has 7 nitrogen and oxygen atoms in total. The van der Waals surface area contributed by atoms with Gasteiger partial charge in [0, 0.05) is 13.5 Å². The molecule has 0 saturated heterocycles. The first-order valence-electron chi connectivity index (χ1n) is 4.95. The van der Waals surface area contributed by atoms with E-state index >= 15 is 0 Å². The highest BCUT2D eigenvalue weighted by atomic mass is 16.4. The SMILES string of the molecule is CNC(=O)NC(=O)C(C)NCCCC(=O)O. The Bertz CT molecular complexity index is 267. The van der Waals surface area contributed by atoms with Crippen molar-refractivity contribution in [3.05, 3.63) is 0 Å². The van der Waals surface area contributed by atoms with Gasteiger partial charge in [-0.25, -0.2) is 4.79 Å². The van der Waals surface area contributed by atoms with Crippen LogP contribution in [0, 0.1) is 0 Å². The molecular weight excluding hydrogens is 214 g/mol. The number of nitrogens with one attached hydrogen (secondary N) is 3. The summed E-state index contributed by atoms with van der Waals surface area (Å²) in [4.78, 5) is 32.3. The van der Waals surface area contributed by atoms with E-state index in [9.17, 15) is 14.4 Å². The predicted octanol–water partition coefficient (Wildman–Crippen LogP) is -0.715. The Kier molecular flexibility index (Phi) is 6.86. The smallest absolute Gasteiger partial charge is 0.321 e. The van der Waals surface area contributed by atoms with Gasteiger partial charge < -0.3 is 15.7 Å². The summed E-state index contributed by atoms with van der Waals surface area (Å²) >= 11 is 0. The molecule has 0 aliphatic rings. The standard InChI is InChI=1S/C9H17N3O4/c1-6(8(15)12-9(16)10-2)11-5-3-4-7(13)14/h6,11H,3-5H2,1-2H3,(H,13,14)(H2,10,12,15,16). The molecule has 0 aromatic rings. The Labute approximate surface area is 93.6 Å². The Hall–Kier alpha value is -1.63.